The van der Waals surface area contributed by atoms with E-state index in [4.69, 9.17) is 4.74 Å². The molecule has 2 fully saturated rings. The van der Waals surface area contributed by atoms with Crippen LogP contribution in [0.1, 0.15) is 12.8 Å². The van der Waals surface area contributed by atoms with Gasteiger partial charge < -0.3 is 20.3 Å². The van der Waals surface area contributed by atoms with Crippen molar-refractivity contribution in [3.63, 3.8) is 0 Å². The molecule has 2 aliphatic rings. The monoisotopic (exact) mass is 241 g/mol. The zero-order valence-electron chi connectivity index (χ0n) is 10.6. The SMILES string of the molecule is CNC1COCC1C(=O)NCCN1CCCC1. The zero-order valence-corrected chi connectivity index (χ0v) is 10.6. The summed E-state index contributed by atoms with van der Waals surface area (Å²) in [6.45, 7) is 5.28. The summed E-state index contributed by atoms with van der Waals surface area (Å²) >= 11 is 0. The van der Waals surface area contributed by atoms with Crippen molar-refractivity contribution in [1.82, 2.24) is 15.5 Å². The van der Waals surface area contributed by atoms with Crippen LogP contribution in [0, 0.1) is 5.92 Å². The first kappa shape index (κ1) is 12.8. The molecule has 5 heteroatoms. The molecule has 0 aromatic carbocycles. The zero-order chi connectivity index (χ0) is 12.1. The summed E-state index contributed by atoms with van der Waals surface area (Å²) in [6.07, 6.45) is 2.60. The van der Waals surface area contributed by atoms with Gasteiger partial charge >= 0.3 is 0 Å². The maximum Gasteiger partial charge on any atom is 0.227 e. The third-order valence-electron chi connectivity index (χ3n) is 3.71. The van der Waals surface area contributed by atoms with Crippen LogP contribution in [0.25, 0.3) is 0 Å². The molecule has 0 aliphatic carbocycles. The first-order valence-electron chi connectivity index (χ1n) is 6.56. The predicted molar refractivity (Wildman–Crippen MR) is 65.8 cm³/mol. The van der Waals surface area contributed by atoms with Crippen molar-refractivity contribution in [3.8, 4) is 0 Å². The van der Waals surface area contributed by atoms with Crippen LogP contribution < -0.4 is 10.6 Å². The largest absolute Gasteiger partial charge is 0.379 e. The van der Waals surface area contributed by atoms with E-state index in [-0.39, 0.29) is 17.9 Å². The Bertz CT molecular complexity index is 254. The number of hydrogen-bond donors (Lipinski definition) is 2. The van der Waals surface area contributed by atoms with Gasteiger partial charge in [0.05, 0.1) is 19.1 Å². The Morgan fingerprint density at radius 3 is 2.82 bits per heavy atom. The fraction of sp³-hybridized carbons (Fsp3) is 0.917. The highest BCUT2D eigenvalue weighted by molar-refractivity contribution is 5.79. The highest BCUT2D eigenvalue weighted by Gasteiger charge is 2.32. The maximum atomic E-state index is 11.9. The van der Waals surface area contributed by atoms with Crippen molar-refractivity contribution in [3.05, 3.63) is 0 Å². The van der Waals surface area contributed by atoms with Gasteiger partial charge in [-0.2, -0.15) is 0 Å². The Labute approximate surface area is 103 Å². The molecule has 2 unspecified atom stereocenters. The standard InChI is InChI=1S/C12H23N3O2/c1-13-11-9-17-8-10(11)12(16)14-4-7-15-5-2-3-6-15/h10-11,13H,2-9H2,1H3,(H,14,16). The molecule has 17 heavy (non-hydrogen) atoms. The Kier molecular flexibility index (Phi) is 4.76. The lowest BCUT2D eigenvalue weighted by Crippen LogP contribution is -2.44. The number of carbonyl (C=O) groups excluding carboxylic acids is 1. The van der Waals surface area contributed by atoms with Gasteiger partial charge in [0.1, 0.15) is 0 Å². The number of hydrogen-bond acceptors (Lipinski definition) is 4. The lowest BCUT2D eigenvalue weighted by atomic mass is 10.0. The summed E-state index contributed by atoms with van der Waals surface area (Å²) in [5.41, 5.74) is 0. The molecule has 0 aromatic heterocycles. The molecular formula is C12H23N3O2. The lowest BCUT2D eigenvalue weighted by Gasteiger charge is -2.18. The van der Waals surface area contributed by atoms with E-state index >= 15 is 0 Å². The minimum atomic E-state index is -0.0291. The smallest absolute Gasteiger partial charge is 0.227 e. The topological polar surface area (TPSA) is 53.6 Å². The third kappa shape index (κ3) is 3.40. The van der Waals surface area contributed by atoms with Crippen LogP contribution in [-0.2, 0) is 9.53 Å². The number of rotatable bonds is 5. The van der Waals surface area contributed by atoms with Crippen molar-refractivity contribution in [2.75, 3.05) is 46.4 Å². The number of nitrogens with zero attached hydrogens (tertiary/aromatic N) is 1. The molecule has 0 bridgehead atoms. The van der Waals surface area contributed by atoms with Crippen molar-refractivity contribution < 1.29 is 9.53 Å². The molecule has 2 saturated heterocycles. The molecule has 0 aromatic rings. The van der Waals surface area contributed by atoms with Crippen LogP contribution in [-0.4, -0.2) is 63.3 Å². The van der Waals surface area contributed by atoms with E-state index in [0.717, 1.165) is 13.1 Å². The number of ether oxygens (including phenoxy) is 1. The Morgan fingerprint density at radius 1 is 1.35 bits per heavy atom. The number of nitrogens with one attached hydrogen (secondary N) is 2. The highest BCUT2D eigenvalue weighted by Crippen LogP contribution is 2.13. The first-order chi connectivity index (χ1) is 8.31. The van der Waals surface area contributed by atoms with Crippen LogP contribution in [0.4, 0.5) is 0 Å². The van der Waals surface area contributed by atoms with Gasteiger partial charge in [0, 0.05) is 19.1 Å². The number of carbonyl (C=O) groups is 1. The summed E-state index contributed by atoms with van der Waals surface area (Å²) in [6, 6.07) is 0.168. The van der Waals surface area contributed by atoms with E-state index < -0.39 is 0 Å². The van der Waals surface area contributed by atoms with E-state index in [1.165, 1.54) is 25.9 Å². The van der Waals surface area contributed by atoms with E-state index in [2.05, 4.69) is 15.5 Å². The van der Waals surface area contributed by atoms with Gasteiger partial charge in [0.15, 0.2) is 0 Å². The minimum Gasteiger partial charge on any atom is -0.379 e. The van der Waals surface area contributed by atoms with E-state index in [1.54, 1.807) is 0 Å². The second kappa shape index (κ2) is 6.33. The van der Waals surface area contributed by atoms with Crippen molar-refractivity contribution in [2.45, 2.75) is 18.9 Å². The molecule has 0 spiro atoms. The fourth-order valence-corrected chi connectivity index (χ4v) is 2.57. The van der Waals surface area contributed by atoms with Crippen molar-refractivity contribution in [2.24, 2.45) is 5.92 Å². The quantitative estimate of drug-likeness (QED) is 0.677. The van der Waals surface area contributed by atoms with Gasteiger partial charge in [-0.15, -0.1) is 0 Å². The van der Waals surface area contributed by atoms with E-state index in [9.17, 15) is 4.79 Å². The average molecular weight is 241 g/mol. The van der Waals surface area contributed by atoms with Gasteiger partial charge in [-0.1, -0.05) is 0 Å². The van der Waals surface area contributed by atoms with Gasteiger partial charge in [-0.05, 0) is 33.0 Å². The van der Waals surface area contributed by atoms with E-state index in [0.29, 0.717) is 13.2 Å². The van der Waals surface area contributed by atoms with Crippen LogP contribution in [0.15, 0.2) is 0 Å². The third-order valence-corrected chi connectivity index (χ3v) is 3.71. The average Bonchev–Trinajstić information content (AvgIpc) is 2.99. The summed E-state index contributed by atoms with van der Waals surface area (Å²) in [5.74, 6) is 0.0969. The molecule has 98 valence electrons. The second-order valence-electron chi connectivity index (χ2n) is 4.88. The molecule has 2 heterocycles. The molecule has 1 amide bonds. The molecule has 2 aliphatic heterocycles. The van der Waals surface area contributed by atoms with Gasteiger partial charge in [-0.25, -0.2) is 0 Å². The van der Waals surface area contributed by atoms with E-state index in [1.807, 2.05) is 7.05 Å². The van der Waals surface area contributed by atoms with Crippen molar-refractivity contribution >= 4 is 5.91 Å². The number of likely N-dealkylation sites (N-methyl/N-ethyl adjacent to an activating group) is 1. The second-order valence-corrected chi connectivity index (χ2v) is 4.88. The minimum absolute atomic E-state index is 0.0291. The Hall–Kier alpha value is -0.650. The van der Waals surface area contributed by atoms with Crippen LogP contribution >= 0.6 is 0 Å². The lowest BCUT2D eigenvalue weighted by molar-refractivity contribution is -0.125. The molecular weight excluding hydrogens is 218 g/mol. The first-order valence-corrected chi connectivity index (χ1v) is 6.56. The summed E-state index contributed by atoms with van der Waals surface area (Å²) in [4.78, 5) is 14.3. The van der Waals surface area contributed by atoms with Crippen LogP contribution in [0.3, 0.4) is 0 Å². The molecule has 2 rings (SSSR count). The Balaban J connectivity index is 1.66. The van der Waals surface area contributed by atoms with Crippen molar-refractivity contribution in [1.29, 1.82) is 0 Å². The van der Waals surface area contributed by atoms with Crippen LogP contribution in [0.5, 0.6) is 0 Å². The summed E-state index contributed by atoms with van der Waals surface area (Å²) in [5, 5.41) is 6.15. The normalized spacial score (nSPS) is 29.7. The van der Waals surface area contributed by atoms with Gasteiger partial charge in [-0.3, -0.25) is 4.79 Å². The molecule has 2 N–H and O–H groups in total. The molecule has 0 radical (unpaired) electrons. The van der Waals surface area contributed by atoms with Gasteiger partial charge in [0.25, 0.3) is 0 Å². The maximum absolute atomic E-state index is 11.9. The van der Waals surface area contributed by atoms with Gasteiger partial charge in [0.2, 0.25) is 5.91 Å². The summed E-state index contributed by atoms with van der Waals surface area (Å²) < 4.78 is 5.33. The molecule has 5 nitrogen and oxygen atoms in total. The number of likely N-dealkylation sites (tertiary alicyclic amines) is 1. The fourth-order valence-electron chi connectivity index (χ4n) is 2.57. The predicted octanol–water partition coefficient (Wildman–Crippen LogP) is -0.567. The van der Waals surface area contributed by atoms with Crippen LogP contribution in [0.2, 0.25) is 0 Å². The number of amides is 1. The summed E-state index contributed by atoms with van der Waals surface area (Å²) in [7, 11) is 1.88. The highest BCUT2D eigenvalue weighted by atomic mass is 16.5. The molecule has 0 saturated carbocycles. The Morgan fingerprint density at radius 2 is 2.12 bits per heavy atom. The molecule has 2 atom stereocenters.